The Labute approximate surface area is 147 Å². The highest BCUT2D eigenvalue weighted by atomic mass is 16.5. The molecule has 25 heavy (non-hydrogen) atoms. The fourth-order valence-electron chi connectivity index (χ4n) is 2.58. The van der Waals surface area contributed by atoms with Crippen molar-refractivity contribution in [2.24, 2.45) is 0 Å². The summed E-state index contributed by atoms with van der Waals surface area (Å²) in [6, 6.07) is 9.11. The van der Waals surface area contributed by atoms with Crippen LogP contribution in [-0.2, 0) is 11.2 Å². The van der Waals surface area contributed by atoms with Gasteiger partial charge in [0.15, 0.2) is 11.5 Å². The third kappa shape index (κ3) is 4.35. The zero-order valence-corrected chi connectivity index (χ0v) is 15.1. The molecule has 0 aromatic heterocycles. The number of methoxy groups -OCH3 is 4. The van der Waals surface area contributed by atoms with Crippen molar-refractivity contribution in [3.63, 3.8) is 0 Å². The first kappa shape index (κ1) is 18.4. The van der Waals surface area contributed by atoms with Gasteiger partial charge in [0.1, 0.15) is 5.75 Å². The van der Waals surface area contributed by atoms with E-state index in [0.717, 1.165) is 11.1 Å². The third-order valence-electron chi connectivity index (χ3n) is 3.74. The quantitative estimate of drug-likeness (QED) is 0.835. The number of benzene rings is 2. The van der Waals surface area contributed by atoms with Gasteiger partial charge in [0.2, 0.25) is 11.7 Å². The Bertz CT molecular complexity index is 732. The normalized spacial score (nSPS) is 10.1. The van der Waals surface area contributed by atoms with Crippen molar-refractivity contribution < 1.29 is 23.7 Å². The molecule has 0 saturated carbocycles. The molecule has 0 saturated heterocycles. The van der Waals surface area contributed by atoms with E-state index in [1.54, 1.807) is 19.2 Å². The second-order valence-corrected chi connectivity index (χ2v) is 5.45. The van der Waals surface area contributed by atoms with Crippen LogP contribution in [0.25, 0.3) is 0 Å². The van der Waals surface area contributed by atoms with Crippen LogP contribution in [0.3, 0.4) is 0 Å². The second-order valence-electron chi connectivity index (χ2n) is 5.45. The third-order valence-corrected chi connectivity index (χ3v) is 3.74. The summed E-state index contributed by atoms with van der Waals surface area (Å²) in [6.45, 7) is 1.97. The molecule has 0 aliphatic heterocycles. The van der Waals surface area contributed by atoms with E-state index in [-0.39, 0.29) is 12.3 Å². The highest BCUT2D eigenvalue weighted by molar-refractivity contribution is 5.93. The van der Waals surface area contributed by atoms with Crippen molar-refractivity contribution in [2.75, 3.05) is 33.8 Å². The van der Waals surface area contributed by atoms with Crippen molar-refractivity contribution in [3.05, 3.63) is 41.5 Å². The lowest BCUT2D eigenvalue weighted by atomic mass is 10.1. The molecule has 0 radical (unpaired) electrons. The first-order chi connectivity index (χ1) is 12.0. The monoisotopic (exact) mass is 345 g/mol. The van der Waals surface area contributed by atoms with Crippen LogP contribution >= 0.6 is 0 Å². The Balaban J connectivity index is 2.22. The van der Waals surface area contributed by atoms with Gasteiger partial charge in [-0.2, -0.15) is 0 Å². The molecule has 0 fully saturated rings. The number of anilines is 1. The Morgan fingerprint density at radius 1 is 0.880 bits per heavy atom. The van der Waals surface area contributed by atoms with Crippen LogP contribution in [0.5, 0.6) is 23.0 Å². The zero-order valence-electron chi connectivity index (χ0n) is 15.1. The van der Waals surface area contributed by atoms with Gasteiger partial charge in [-0.3, -0.25) is 4.79 Å². The molecule has 6 nitrogen and oxygen atoms in total. The van der Waals surface area contributed by atoms with Gasteiger partial charge in [-0.05, 0) is 13.0 Å². The van der Waals surface area contributed by atoms with Crippen LogP contribution in [0.4, 0.5) is 5.69 Å². The number of aryl methyl sites for hydroxylation is 1. The van der Waals surface area contributed by atoms with Crippen molar-refractivity contribution in [1.82, 2.24) is 0 Å². The largest absolute Gasteiger partial charge is 0.496 e. The Hall–Kier alpha value is -2.89. The molecule has 1 N–H and O–H groups in total. The number of ether oxygens (including phenoxy) is 4. The molecular formula is C19H23NO5. The fraction of sp³-hybridized carbons (Fsp3) is 0.316. The van der Waals surface area contributed by atoms with Crippen LogP contribution < -0.4 is 24.3 Å². The summed E-state index contributed by atoms with van der Waals surface area (Å²) >= 11 is 0. The Kier molecular flexibility index (Phi) is 6.11. The first-order valence-electron chi connectivity index (χ1n) is 7.75. The first-order valence-corrected chi connectivity index (χ1v) is 7.75. The van der Waals surface area contributed by atoms with Crippen LogP contribution in [0, 0.1) is 6.92 Å². The molecule has 2 aromatic rings. The van der Waals surface area contributed by atoms with Gasteiger partial charge in [-0.15, -0.1) is 0 Å². The van der Waals surface area contributed by atoms with Gasteiger partial charge in [0, 0.05) is 23.4 Å². The zero-order chi connectivity index (χ0) is 18.4. The molecule has 0 aliphatic carbocycles. The molecule has 6 heteroatoms. The number of hydrogen-bond acceptors (Lipinski definition) is 5. The Morgan fingerprint density at radius 2 is 1.48 bits per heavy atom. The molecule has 0 bridgehead atoms. The molecular weight excluding hydrogens is 322 g/mol. The van der Waals surface area contributed by atoms with Gasteiger partial charge in [-0.25, -0.2) is 0 Å². The van der Waals surface area contributed by atoms with Gasteiger partial charge < -0.3 is 24.3 Å². The smallest absolute Gasteiger partial charge is 0.228 e. The van der Waals surface area contributed by atoms with Crippen LogP contribution in [0.15, 0.2) is 30.3 Å². The van der Waals surface area contributed by atoms with Gasteiger partial charge in [0.25, 0.3) is 0 Å². The fourth-order valence-corrected chi connectivity index (χ4v) is 2.58. The van der Waals surface area contributed by atoms with E-state index in [1.165, 1.54) is 21.3 Å². The lowest BCUT2D eigenvalue weighted by Crippen LogP contribution is -2.15. The number of nitrogens with one attached hydrogen (secondary N) is 1. The topological polar surface area (TPSA) is 66.0 Å². The summed E-state index contributed by atoms with van der Waals surface area (Å²) in [4.78, 5) is 12.4. The van der Waals surface area contributed by atoms with Crippen LogP contribution in [-0.4, -0.2) is 34.3 Å². The molecule has 1 amide bonds. The predicted molar refractivity (Wildman–Crippen MR) is 96.2 cm³/mol. The van der Waals surface area contributed by atoms with Gasteiger partial charge >= 0.3 is 0 Å². The number of carbonyl (C=O) groups is 1. The number of rotatable bonds is 7. The standard InChI is InChI=1S/C19H23NO5/c1-12-6-7-15(22-2)13(8-12)9-18(21)20-14-10-16(23-3)19(25-5)17(11-14)24-4/h6-8,10-11H,9H2,1-5H3,(H,20,21). The van der Waals surface area contributed by atoms with Crippen molar-refractivity contribution in [3.8, 4) is 23.0 Å². The van der Waals surface area contributed by atoms with E-state index in [1.807, 2.05) is 25.1 Å². The number of hydrogen-bond donors (Lipinski definition) is 1. The van der Waals surface area contributed by atoms with E-state index in [9.17, 15) is 4.79 Å². The number of carbonyl (C=O) groups excluding carboxylic acids is 1. The minimum atomic E-state index is -0.168. The summed E-state index contributed by atoms with van der Waals surface area (Å²) in [5.41, 5.74) is 2.45. The summed E-state index contributed by atoms with van der Waals surface area (Å²) in [7, 11) is 6.18. The van der Waals surface area contributed by atoms with Crippen molar-refractivity contribution >= 4 is 11.6 Å². The molecule has 0 spiro atoms. The van der Waals surface area contributed by atoms with Crippen molar-refractivity contribution in [1.29, 1.82) is 0 Å². The molecule has 2 rings (SSSR count). The summed E-state index contributed by atoms with van der Waals surface area (Å²) < 4.78 is 21.2. The highest BCUT2D eigenvalue weighted by Gasteiger charge is 2.15. The maximum absolute atomic E-state index is 12.4. The van der Waals surface area contributed by atoms with E-state index in [0.29, 0.717) is 28.7 Å². The van der Waals surface area contributed by atoms with Gasteiger partial charge in [0.05, 0.1) is 34.9 Å². The van der Waals surface area contributed by atoms with E-state index in [4.69, 9.17) is 18.9 Å². The molecule has 0 heterocycles. The van der Waals surface area contributed by atoms with E-state index < -0.39 is 0 Å². The SMILES string of the molecule is COc1ccc(C)cc1CC(=O)Nc1cc(OC)c(OC)c(OC)c1. The van der Waals surface area contributed by atoms with Crippen LogP contribution in [0.2, 0.25) is 0 Å². The van der Waals surface area contributed by atoms with Crippen molar-refractivity contribution in [2.45, 2.75) is 13.3 Å². The summed E-state index contributed by atoms with van der Waals surface area (Å²) in [5, 5.41) is 2.85. The molecule has 134 valence electrons. The minimum absolute atomic E-state index is 0.168. The lowest BCUT2D eigenvalue weighted by Gasteiger charge is -2.15. The molecule has 2 aromatic carbocycles. The summed E-state index contributed by atoms with van der Waals surface area (Å²) in [5.74, 6) is 1.95. The highest BCUT2D eigenvalue weighted by Crippen LogP contribution is 2.40. The maximum atomic E-state index is 12.4. The lowest BCUT2D eigenvalue weighted by molar-refractivity contribution is -0.115. The molecule has 0 atom stereocenters. The Morgan fingerprint density at radius 3 is 2.00 bits per heavy atom. The maximum Gasteiger partial charge on any atom is 0.228 e. The second kappa shape index (κ2) is 8.28. The van der Waals surface area contributed by atoms with E-state index in [2.05, 4.69) is 5.32 Å². The van der Waals surface area contributed by atoms with Crippen LogP contribution in [0.1, 0.15) is 11.1 Å². The molecule has 0 unspecified atom stereocenters. The van der Waals surface area contributed by atoms with Gasteiger partial charge in [-0.1, -0.05) is 17.7 Å². The predicted octanol–water partition coefficient (Wildman–Crippen LogP) is 3.21. The molecule has 0 aliphatic rings. The van der Waals surface area contributed by atoms with E-state index >= 15 is 0 Å². The average Bonchev–Trinajstić information content (AvgIpc) is 2.60. The minimum Gasteiger partial charge on any atom is -0.496 e. The average molecular weight is 345 g/mol. The number of amides is 1. The summed E-state index contributed by atoms with van der Waals surface area (Å²) in [6.07, 6.45) is 0.196.